The number of amides is 1. The van der Waals surface area contributed by atoms with E-state index in [1.54, 1.807) is 26.4 Å². The van der Waals surface area contributed by atoms with Gasteiger partial charge >= 0.3 is 0 Å². The van der Waals surface area contributed by atoms with Crippen LogP contribution in [-0.2, 0) is 13.0 Å². The van der Waals surface area contributed by atoms with E-state index in [-0.39, 0.29) is 0 Å². The molecule has 2 N–H and O–H groups in total. The molecule has 1 aliphatic carbocycles. The molecule has 6 heteroatoms. The summed E-state index contributed by atoms with van der Waals surface area (Å²) in [6.07, 6.45) is 0.930. The van der Waals surface area contributed by atoms with E-state index in [0.717, 1.165) is 68.5 Å². The fourth-order valence-electron chi connectivity index (χ4n) is 6.59. The molecule has 46 heavy (non-hydrogen) atoms. The summed E-state index contributed by atoms with van der Waals surface area (Å²) in [4.78, 5) is 17.3. The van der Waals surface area contributed by atoms with Gasteiger partial charge in [0, 0.05) is 28.8 Å². The minimum Gasteiger partial charge on any atom is -0.496 e. The van der Waals surface area contributed by atoms with Crippen LogP contribution in [0.4, 0.5) is 0 Å². The smallest absolute Gasteiger partial charge is 0.248 e. The van der Waals surface area contributed by atoms with Crippen molar-refractivity contribution in [3.63, 3.8) is 0 Å². The molecule has 7 rings (SSSR count). The van der Waals surface area contributed by atoms with E-state index < -0.39 is 5.91 Å². The first-order valence-electron chi connectivity index (χ1n) is 15.4. The molecule has 5 aromatic carbocycles. The van der Waals surface area contributed by atoms with Gasteiger partial charge in [0.05, 0.1) is 25.6 Å². The van der Waals surface area contributed by atoms with Crippen molar-refractivity contribution in [3.8, 4) is 56.5 Å². The van der Waals surface area contributed by atoms with E-state index in [0.29, 0.717) is 12.1 Å². The summed E-state index contributed by atoms with van der Waals surface area (Å²) in [5.41, 5.74) is 19.2. The van der Waals surface area contributed by atoms with Crippen LogP contribution >= 0.6 is 0 Å². The van der Waals surface area contributed by atoms with Crippen molar-refractivity contribution in [1.29, 1.82) is 0 Å². The Morgan fingerprint density at radius 1 is 0.739 bits per heavy atom. The van der Waals surface area contributed by atoms with Crippen LogP contribution in [0, 0.1) is 13.8 Å². The number of hydrogen-bond acceptors (Lipinski definition) is 4. The van der Waals surface area contributed by atoms with E-state index in [4.69, 9.17) is 20.2 Å². The van der Waals surface area contributed by atoms with Crippen LogP contribution in [0.2, 0.25) is 0 Å². The third-order valence-electron chi connectivity index (χ3n) is 8.94. The number of primary amides is 1. The number of fused-ring (bicyclic) bond motifs is 3. The highest BCUT2D eigenvalue weighted by atomic mass is 16.5. The van der Waals surface area contributed by atoms with Gasteiger partial charge < -0.3 is 19.8 Å². The number of benzene rings is 5. The van der Waals surface area contributed by atoms with Crippen molar-refractivity contribution >= 4 is 5.91 Å². The molecule has 0 aliphatic heterocycles. The number of carbonyl (C=O) groups is 1. The van der Waals surface area contributed by atoms with Gasteiger partial charge in [-0.25, -0.2) is 4.98 Å². The maximum absolute atomic E-state index is 11.8. The number of nitrogens with two attached hydrogens (primary N) is 1. The second-order valence-electron chi connectivity index (χ2n) is 11.9. The fraction of sp³-hybridized carbons (Fsp3) is 0.150. The van der Waals surface area contributed by atoms with E-state index >= 15 is 0 Å². The molecule has 228 valence electrons. The predicted molar refractivity (Wildman–Crippen MR) is 183 cm³/mol. The topological polar surface area (TPSA) is 79.4 Å². The number of carbonyl (C=O) groups excluding carboxylic acids is 1. The van der Waals surface area contributed by atoms with Crippen LogP contribution in [-0.4, -0.2) is 29.7 Å². The highest BCUT2D eigenvalue weighted by molar-refractivity contribution is 5.92. The summed E-state index contributed by atoms with van der Waals surface area (Å²) in [5, 5.41) is 0. The van der Waals surface area contributed by atoms with E-state index in [2.05, 4.69) is 85.1 Å². The van der Waals surface area contributed by atoms with E-state index in [1.807, 2.05) is 24.3 Å². The zero-order valence-corrected chi connectivity index (χ0v) is 26.4. The van der Waals surface area contributed by atoms with Crippen LogP contribution in [0.1, 0.15) is 38.2 Å². The highest BCUT2D eigenvalue weighted by Crippen LogP contribution is 2.42. The molecule has 1 aliphatic rings. The van der Waals surface area contributed by atoms with Gasteiger partial charge in [-0.3, -0.25) is 4.79 Å². The predicted octanol–water partition coefficient (Wildman–Crippen LogP) is 8.24. The molecule has 0 atom stereocenters. The van der Waals surface area contributed by atoms with Crippen LogP contribution in [0.5, 0.6) is 11.5 Å². The normalized spacial score (nSPS) is 11.7. The van der Waals surface area contributed by atoms with Crippen molar-refractivity contribution < 1.29 is 14.3 Å². The lowest BCUT2D eigenvalue weighted by Crippen LogP contribution is -2.11. The van der Waals surface area contributed by atoms with Crippen molar-refractivity contribution in [2.75, 3.05) is 14.2 Å². The molecule has 1 heterocycles. The Morgan fingerprint density at radius 3 is 2.04 bits per heavy atom. The molecular weight excluding hydrogens is 570 g/mol. The summed E-state index contributed by atoms with van der Waals surface area (Å²) in [5.74, 6) is 2.08. The molecule has 0 radical (unpaired) electrons. The Kier molecular flexibility index (Phi) is 7.41. The van der Waals surface area contributed by atoms with E-state index in [9.17, 15) is 4.79 Å². The maximum Gasteiger partial charge on any atom is 0.248 e. The zero-order chi connectivity index (χ0) is 31.9. The number of aryl methyl sites for hydroxylation is 2. The van der Waals surface area contributed by atoms with Gasteiger partial charge in [0.1, 0.15) is 17.3 Å². The molecule has 0 unspecified atom stereocenters. The lowest BCUT2D eigenvalue weighted by Gasteiger charge is -2.16. The van der Waals surface area contributed by atoms with Crippen LogP contribution < -0.4 is 15.2 Å². The molecule has 1 amide bonds. The molecule has 6 aromatic rings. The van der Waals surface area contributed by atoms with Crippen LogP contribution in [0.3, 0.4) is 0 Å². The summed E-state index contributed by atoms with van der Waals surface area (Å²) < 4.78 is 13.5. The third kappa shape index (κ3) is 5.12. The number of rotatable bonds is 8. The highest BCUT2D eigenvalue weighted by Gasteiger charge is 2.25. The average molecular weight is 606 g/mol. The molecule has 0 fully saturated rings. The summed E-state index contributed by atoms with van der Waals surface area (Å²) in [6.45, 7) is 4.64. The van der Waals surface area contributed by atoms with Gasteiger partial charge in [0.2, 0.25) is 5.91 Å². The first-order valence-corrected chi connectivity index (χ1v) is 15.4. The molecule has 6 nitrogen and oxygen atoms in total. The minimum atomic E-state index is -0.445. The monoisotopic (exact) mass is 605 g/mol. The first kappa shape index (κ1) is 29.1. The van der Waals surface area contributed by atoms with Gasteiger partial charge in [-0.05, 0) is 114 Å². The molecule has 0 spiro atoms. The quantitative estimate of drug-likeness (QED) is 0.189. The second-order valence-corrected chi connectivity index (χ2v) is 11.9. The van der Waals surface area contributed by atoms with Gasteiger partial charge in [-0.15, -0.1) is 0 Å². The number of aromatic nitrogens is 2. The molecular formula is C40H35N3O3. The Bertz CT molecular complexity index is 2130. The molecule has 0 saturated heterocycles. The Morgan fingerprint density at radius 2 is 1.37 bits per heavy atom. The van der Waals surface area contributed by atoms with Gasteiger partial charge in [-0.1, -0.05) is 48.5 Å². The lowest BCUT2D eigenvalue weighted by atomic mass is 10.0. The van der Waals surface area contributed by atoms with Crippen molar-refractivity contribution in [1.82, 2.24) is 9.55 Å². The fourth-order valence-corrected chi connectivity index (χ4v) is 6.59. The van der Waals surface area contributed by atoms with Gasteiger partial charge in [-0.2, -0.15) is 0 Å². The van der Waals surface area contributed by atoms with Crippen molar-refractivity contribution in [2.24, 2.45) is 5.73 Å². The Hall–Kier alpha value is -5.62. The second kappa shape index (κ2) is 11.7. The zero-order valence-electron chi connectivity index (χ0n) is 26.4. The third-order valence-corrected chi connectivity index (χ3v) is 8.94. The number of nitrogens with zero attached hydrogens (tertiary/aromatic N) is 2. The van der Waals surface area contributed by atoms with Gasteiger partial charge in [0.15, 0.2) is 0 Å². The molecule has 0 bridgehead atoms. The van der Waals surface area contributed by atoms with E-state index in [1.165, 1.54) is 22.3 Å². The molecule has 1 aromatic heterocycles. The number of ether oxygens (including phenoxy) is 2. The minimum absolute atomic E-state index is 0.445. The largest absolute Gasteiger partial charge is 0.496 e. The maximum atomic E-state index is 11.8. The van der Waals surface area contributed by atoms with Crippen LogP contribution in [0.15, 0.2) is 103 Å². The van der Waals surface area contributed by atoms with Gasteiger partial charge in [0.25, 0.3) is 0 Å². The lowest BCUT2D eigenvalue weighted by molar-refractivity contribution is 0.1000. The standard InChI is InChI=1S/C40H35N3O3/c1-24-19-30(15-17-35(24)45-3)37-38(31-16-18-36(46-4)25(2)20-31)43(23-26-9-11-27(12-10-26)39(41)44)40(42-37)32-14-13-29-21-28-7-5-6-8-33(28)34(29)22-32/h5-20,22H,21,23H2,1-4H3,(H2,41,44). The number of hydrogen-bond donors (Lipinski definition) is 1. The van der Waals surface area contributed by atoms with Crippen molar-refractivity contribution in [3.05, 3.63) is 137 Å². The van der Waals surface area contributed by atoms with Crippen LogP contribution in [0.25, 0.3) is 45.0 Å². The van der Waals surface area contributed by atoms with Crippen molar-refractivity contribution in [2.45, 2.75) is 26.8 Å². The first-order chi connectivity index (χ1) is 22.3. The summed E-state index contributed by atoms with van der Waals surface area (Å²) in [6, 6.07) is 35.3. The molecule has 0 saturated carbocycles. The average Bonchev–Trinajstić information content (AvgIpc) is 3.63. The Balaban J connectivity index is 1.49. The Labute approximate surface area is 269 Å². The summed E-state index contributed by atoms with van der Waals surface area (Å²) >= 11 is 0. The SMILES string of the molecule is COc1ccc(-c2nc(-c3ccc4c(c3)-c3ccccc3C4)n(Cc3ccc(C(N)=O)cc3)c2-c2ccc(OC)c(C)c2)cc1C. The summed E-state index contributed by atoms with van der Waals surface area (Å²) in [7, 11) is 3.38. The number of imidazole rings is 1. The number of methoxy groups -OCH3 is 2.